The predicted octanol–water partition coefficient (Wildman–Crippen LogP) is 2.71. The third-order valence-electron chi connectivity index (χ3n) is 5.02. The van der Waals surface area contributed by atoms with Crippen LogP contribution in [-0.2, 0) is 24.3 Å². The molecule has 10 heteroatoms. The molecule has 8 nitrogen and oxygen atoms in total. The number of sulfonamides is 1. The van der Waals surface area contributed by atoms with Crippen LogP contribution in [0.2, 0.25) is 5.02 Å². The quantitative estimate of drug-likeness (QED) is 0.528. The van der Waals surface area contributed by atoms with E-state index in [0.29, 0.717) is 24.5 Å². The molecule has 0 saturated carbocycles. The molecule has 0 spiro atoms. The summed E-state index contributed by atoms with van der Waals surface area (Å²) in [6.45, 7) is 7.96. The van der Waals surface area contributed by atoms with E-state index in [-0.39, 0.29) is 23.5 Å². The van der Waals surface area contributed by atoms with Gasteiger partial charge in [0.05, 0.1) is 17.5 Å². The van der Waals surface area contributed by atoms with Gasteiger partial charge < -0.3 is 15.0 Å². The maximum atomic E-state index is 13.2. The van der Waals surface area contributed by atoms with Crippen molar-refractivity contribution in [3.63, 3.8) is 0 Å². The molecule has 2 amide bonds. The number of nitrogens with one attached hydrogen (secondary N) is 2. The van der Waals surface area contributed by atoms with Gasteiger partial charge in [0.2, 0.25) is 21.8 Å². The van der Waals surface area contributed by atoms with Crippen LogP contribution in [0.4, 0.5) is 0 Å². The van der Waals surface area contributed by atoms with Gasteiger partial charge in [-0.2, -0.15) is 0 Å². The summed E-state index contributed by atoms with van der Waals surface area (Å²) in [4.78, 5) is 27.7. The first-order valence-electron chi connectivity index (χ1n) is 10.9. The summed E-state index contributed by atoms with van der Waals surface area (Å²) in [6.07, 6.45) is 2.66. The number of benzene rings is 1. The molecular weight excluding hydrogens is 454 g/mol. The fourth-order valence-corrected chi connectivity index (χ4v) is 4.62. The second kappa shape index (κ2) is 11.4. The fraction of sp³-hybridized carbons (Fsp3) is 0.636. The molecule has 0 radical (unpaired) electrons. The number of carbonyl (C=O) groups is 2. The van der Waals surface area contributed by atoms with Crippen LogP contribution in [0.15, 0.2) is 29.2 Å². The van der Waals surface area contributed by atoms with Crippen molar-refractivity contribution in [1.29, 1.82) is 0 Å². The van der Waals surface area contributed by atoms with Gasteiger partial charge in [-0.3, -0.25) is 9.59 Å². The molecule has 1 aromatic rings. The van der Waals surface area contributed by atoms with Crippen LogP contribution in [0, 0.1) is 0 Å². The maximum absolute atomic E-state index is 13.2. The van der Waals surface area contributed by atoms with Gasteiger partial charge in [-0.1, -0.05) is 24.9 Å². The lowest BCUT2D eigenvalue weighted by Gasteiger charge is -2.34. The summed E-state index contributed by atoms with van der Waals surface area (Å²) in [7, 11) is -3.91. The van der Waals surface area contributed by atoms with Crippen LogP contribution < -0.4 is 10.0 Å². The molecule has 0 aromatic heterocycles. The number of hydrogen-bond acceptors (Lipinski definition) is 5. The van der Waals surface area contributed by atoms with Gasteiger partial charge in [-0.05, 0) is 64.3 Å². The Morgan fingerprint density at radius 2 is 1.91 bits per heavy atom. The topological polar surface area (TPSA) is 105 Å². The lowest BCUT2D eigenvalue weighted by atomic mass is 10.0. The Bertz CT molecular complexity index is 878. The first kappa shape index (κ1) is 26.6. The number of carbonyl (C=O) groups excluding carboxylic acids is 2. The van der Waals surface area contributed by atoms with E-state index >= 15 is 0 Å². The Balaban J connectivity index is 2.20. The zero-order valence-electron chi connectivity index (χ0n) is 19.2. The Morgan fingerprint density at radius 1 is 1.25 bits per heavy atom. The number of ether oxygens (including phenoxy) is 1. The van der Waals surface area contributed by atoms with Crippen molar-refractivity contribution in [3.05, 3.63) is 29.3 Å². The summed E-state index contributed by atoms with van der Waals surface area (Å²) < 4.78 is 33.2. The van der Waals surface area contributed by atoms with E-state index in [1.807, 2.05) is 27.7 Å². The van der Waals surface area contributed by atoms with E-state index in [9.17, 15) is 18.0 Å². The van der Waals surface area contributed by atoms with Crippen LogP contribution in [0.3, 0.4) is 0 Å². The predicted molar refractivity (Wildman–Crippen MR) is 124 cm³/mol. The van der Waals surface area contributed by atoms with E-state index in [4.69, 9.17) is 16.3 Å². The third-order valence-corrected chi connectivity index (χ3v) is 6.69. The van der Waals surface area contributed by atoms with E-state index in [1.165, 1.54) is 29.2 Å². The third kappa shape index (κ3) is 8.03. The number of hydrogen-bond donors (Lipinski definition) is 2. The van der Waals surface area contributed by atoms with Gasteiger partial charge in [0.25, 0.3) is 0 Å². The number of amides is 2. The summed E-state index contributed by atoms with van der Waals surface area (Å²) >= 11 is 5.83. The lowest BCUT2D eigenvalue weighted by Crippen LogP contribution is -2.56. The Kier molecular flexibility index (Phi) is 9.51. The van der Waals surface area contributed by atoms with Crippen LogP contribution in [0.5, 0.6) is 0 Å². The monoisotopic (exact) mass is 487 g/mol. The summed E-state index contributed by atoms with van der Waals surface area (Å²) in [5.74, 6) is -0.730. The van der Waals surface area contributed by atoms with E-state index in [1.54, 1.807) is 0 Å². The maximum Gasteiger partial charge on any atom is 0.243 e. The Hall–Kier alpha value is -1.68. The molecule has 1 aromatic carbocycles. The molecule has 1 heterocycles. The molecule has 0 aliphatic carbocycles. The van der Waals surface area contributed by atoms with Gasteiger partial charge in [0.15, 0.2) is 0 Å². The van der Waals surface area contributed by atoms with Crippen molar-refractivity contribution in [3.8, 4) is 0 Å². The first-order valence-corrected chi connectivity index (χ1v) is 12.8. The molecule has 2 atom stereocenters. The number of nitrogens with zero attached hydrogens (tertiary/aromatic N) is 1. The van der Waals surface area contributed by atoms with Crippen molar-refractivity contribution < 1.29 is 22.7 Å². The van der Waals surface area contributed by atoms with Crippen molar-refractivity contribution in [2.45, 2.75) is 76.0 Å². The highest BCUT2D eigenvalue weighted by atomic mass is 35.5. The van der Waals surface area contributed by atoms with Gasteiger partial charge in [0, 0.05) is 23.7 Å². The second-order valence-electron chi connectivity index (χ2n) is 9.00. The molecule has 2 rings (SSSR count). The highest BCUT2D eigenvalue weighted by molar-refractivity contribution is 7.89. The molecule has 2 N–H and O–H groups in total. The summed E-state index contributed by atoms with van der Waals surface area (Å²) in [5.41, 5.74) is -0.460. The second-order valence-corrected chi connectivity index (χ2v) is 11.2. The van der Waals surface area contributed by atoms with Crippen LogP contribution in [0.25, 0.3) is 0 Å². The first-order chi connectivity index (χ1) is 14.9. The van der Waals surface area contributed by atoms with Gasteiger partial charge in [0.1, 0.15) is 6.04 Å². The van der Waals surface area contributed by atoms with Crippen LogP contribution in [-0.4, -0.2) is 62.5 Å². The number of rotatable bonds is 10. The Labute approximate surface area is 196 Å². The van der Waals surface area contributed by atoms with Gasteiger partial charge >= 0.3 is 0 Å². The standard InChI is InChI=1S/C22H34ClN3O5S/c1-5-7-19(21(28)25-22(2,3)4)26(15-17-8-6-13-31-17)20(27)14-24-32(29,30)18-11-9-16(23)10-12-18/h9-12,17,19,24H,5-8,13-15H2,1-4H3,(H,25,28). The van der Waals surface area contributed by atoms with E-state index in [0.717, 1.165) is 12.8 Å². The van der Waals surface area contributed by atoms with Gasteiger partial charge in [-0.25, -0.2) is 13.1 Å². The minimum Gasteiger partial charge on any atom is -0.376 e. The van der Waals surface area contributed by atoms with Crippen LogP contribution >= 0.6 is 11.6 Å². The van der Waals surface area contributed by atoms with Crippen molar-refractivity contribution in [2.75, 3.05) is 19.7 Å². The average molecular weight is 488 g/mol. The summed E-state index contributed by atoms with van der Waals surface area (Å²) in [5, 5.41) is 3.36. The normalized spacial score (nSPS) is 17.7. The smallest absolute Gasteiger partial charge is 0.243 e. The van der Waals surface area contributed by atoms with Crippen molar-refractivity contribution in [1.82, 2.24) is 14.9 Å². The van der Waals surface area contributed by atoms with E-state index in [2.05, 4.69) is 10.0 Å². The minimum atomic E-state index is -3.91. The van der Waals surface area contributed by atoms with Crippen molar-refractivity contribution >= 4 is 33.4 Å². The highest BCUT2D eigenvalue weighted by Crippen LogP contribution is 2.18. The number of halogens is 1. The molecular formula is C22H34ClN3O5S. The zero-order valence-corrected chi connectivity index (χ0v) is 20.8. The van der Waals surface area contributed by atoms with Crippen molar-refractivity contribution in [2.24, 2.45) is 0 Å². The molecule has 0 bridgehead atoms. The lowest BCUT2D eigenvalue weighted by molar-refractivity contribution is -0.142. The fourth-order valence-electron chi connectivity index (χ4n) is 3.52. The van der Waals surface area contributed by atoms with E-state index < -0.39 is 34.1 Å². The average Bonchev–Trinajstić information content (AvgIpc) is 3.21. The molecule has 2 unspecified atom stereocenters. The Morgan fingerprint density at radius 3 is 2.44 bits per heavy atom. The van der Waals surface area contributed by atoms with Crippen LogP contribution in [0.1, 0.15) is 53.4 Å². The summed E-state index contributed by atoms with van der Waals surface area (Å²) in [6, 6.07) is 4.97. The molecule has 32 heavy (non-hydrogen) atoms. The zero-order chi connectivity index (χ0) is 23.9. The molecule has 1 aliphatic heterocycles. The molecule has 180 valence electrons. The van der Waals surface area contributed by atoms with Gasteiger partial charge in [-0.15, -0.1) is 0 Å². The molecule has 1 saturated heterocycles. The highest BCUT2D eigenvalue weighted by Gasteiger charge is 2.34. The molecule has 1 fully saturated rings. The minimum absolute atomic E-state index is 0.0101. The SMILES string of the molecule is CCCC(C(=O)NC(C)(C)C)N(CC1CCCO1)C(=O)CNS(=O)(=O)c1ccc(Cl)cc1. The largest absolute Gasteiger partial charge is 0.376 e. The molecule has 1 aliphatic rings.